The Morgan fingerprint density at radius 3 is 2.52 bits per heavy atom. The molecule has 0 saturated carbocycles. The van der Waals surface area contributed by atoms with E-state index in [1.165, 1.54) is 0 Å². The molecule has 0 amide bonds. The van der Waals surface area contributed by atoms with Gasteiger partial charge in [0, 0.05) is 68.9 Å². The van der Waals surface area contributed by atoms with Gasteiger partial charge in [-0.3, -0.25) is 4.99 Å². The zero-order valence-corrected chi connectivity index (χ0v) is 19.0. The summed E-state index contributed by atoms with van der Waals surface area (Å²) in [5, 5.41) is 6.88. The van der Waals surface area contributed by atoms with E-state index in [9.17, 15) is 0 Å². The maximum atomic E-state index is 5.59. The van der Waals surface area contributed by atoms with Crippen molar-refractivity contribution in [1.82, 2.24) is 15.6 Å². The predicted molar refractivity (Wildman–Crippen MR) is 123 cm³/mol. The molecule has 2 N–H and O–H groups in total. The fraction of sp³-hybridized carbons (Fsp3) is 0.478. The van der Waals surface area contributed by atoms with Crippen LogP contribution in [-0.4, -0.2) is 57.4 Å². The molecule has 8 nitrogen and oxygen atoms in total. The van der Waals surface area contributed by atoms with Crippen molar-refractivity contribution < 1.29 is 14.2 Å². The maximum absolute atomic E-state index is 5.59. The molecule has 1 saturated heterocycles. The van der Waals surface area contributed by atoms with Crippen LogP contribution in [-0.2, 0) is 6.54 Å². The number of nitrogens with zero attached hydrogens (tertiary/aromatic N) is 3. The summed E-state index contributed by atoms with van der Waals surface area (Å²) in [6.45, 7) is 6.44. The van der Waals surface area contributed by atoms with Crippen molar-refractivity contribution in [1.29, 1.82) is 0 Å². The van der Waals surface area contributed by atoms with Crippen LogP contribution >= 0.6 is 0 Å². The Kier molecular flexibility index (Phi) is 7.81. The van der Waals surface area contributed by atoms with Gasteiger partial charge in [0.05, 0.1) is 20.3 Å². The lowest BCUT2D eigenvalue weighted by molar-refractivity contribution is 0.232. The van der Waals surface area contributed by atoms with E-state index in [1.807, 2.05) is 50.4 Å². The Balaban J connectivity index is 1.52. The number of aliphatic imine (C=N–C) groups is 1. The summed E-state index contributed by atoms with van der Waals surface area (Å²) in [5.41, 5.74) is 2.16. The van der Waals surface area contributed by atoms with Crippen molar-refractivity contribution in [3.8, 4) is 17.4 Å². The summed E-state index contributed by atoms with van der Waals surface area (Å²) < 4.78 is 16.4. The molecule has 2 aromatic rings. The molecule has 1 aliphatic heterocycles. The van der Waals surface area contributed by atoms with Gasteiger partial charge in [0.25, 0.3) is 0 Å². The highest BCUT2D eigenvalue weighted by atomic mass is 16.5. The third-order valence-electron chi connectivity index (χ3n) is 5.07. The minimum absolute atomic E-state index is 0.114. The molecule has 0 bridgehead atoms. The Morgan fingerprint density at radius 2 is 1.94 bits per heavy atom. The molecule has 1 fully saturated rings. The van der Waals surface area contributed by atoms with Crippen LogP contribution in [0.25, 0.3) is 0 Å². The van der Waals surface area contributed by atoms with E-state index in [4.69, 9.17) is 14.2 Å². The Hall–Kier alpha value is -3.16. The van der Waals surface area contributed by atoms with E-state index in [0.29, 0.717) is 18.5 Å². The number of methoxy groups -OCH3 is 2. The summed E-state index contributed by atoms with van der Waals surface area (Å²) >= 11 is 0. The predicted octanol–water partition coefficient (Wildman–Crippen LogP) is 2.83. The number of benzene rings is 1. The number of nitrogens with one attached hydrogen (secondary N) is 2. The SMILES string of the molecule is CN=C(NCc1ccc(OC(C)C)nc1)NC1CCN(c2cc(OC)cc(OC)c2)C1. The molecule has 31 heavy (non-hydrogen) atoms. The van der Waals surface area contributed by atoms with Crippen molar-refractivity contribution in [3.63, 3.8) is 0 Å². The molecular formula is C23H33N5O3. The van der Waals surface area contributed by atoms with Crippen molar-refractivity contribution in [2.75, 3.05) is 39.3 Å². The van der Waals surface area contributed by atoms with Gasteiger partial charge in [-0.25, -0.2) is 4.98 Å². The monoisotopic (exact) mass is 427 g/mol. The highest BCUT2D eigenvalue weighted by Gasteiger charge is 2.24. The second-order valence-electron chi connectivity index (χ2n) is 7.74. The number of aromatic nitrogens is 1. The van der Waals surface area contributed by atoms with Crippen molar-refractivity contribution >= 4 is 11.6 Å². The number of ether oxygens (including phenoxy) is 3. The van der Waals surface area contributed by atoms with E-state index in [1.54, 1.807) is 21.3 Å². The highest BCUT2D eigenvalue weighted by Crippen LogP contribution is 2.30. The van der Waals surface area contributed by atoms with Crippen LogP contribution in [0.15, 0.2) is 41.5 Å². The molecule has 1 aromatic carbocycles. The summed E-state index contributed by atoms with van der Waals surface area (Å²) in [6.07, 6.45) is 2.96. The average Bonchev–Trinajstić information content (AvgIpc) is 3.25. The smallest absolute Gasteiger partial charge is 0.213 e. The van der Waals surface area contributed by atoms with E-state index in [0.717, 1.165) is 48.2 Å². The molecule has 0 aliphatic carbocycles. The molecular weight excluding hydrogens is 394 g/mol. The topological polar surface area (TPSA) is 80.2 Å². The third-order valence-corrected chi connectivity index (χ3v) is 5.07. The zero-order chi connectivity index (χ0) is 22.2. The van der Waals surface area contributed by atoms with Gasteiger partial charge in [-0.15, -0.1) is 0 Å². The second-order valence-corrected chi connectivity index (χ2v) is 7.74. The maximum Gasteiger partial charge on any atom is 0.213 e. The number of hydrogen-bond donors (Lipinski definition) is 2. The van der Waals surface area contributed by atoms with Crippen molar-refractivity contribution in [3.05, 3.63) is 42.1 Å². The van der Waals surface area contributed by atoms with Gasteiger partial charge in [-0.2, -0.15) is 0 Å². The minimum atomic E-state index is 0.114. The molecule has 8 heteroatoms. The van der Waals surface area contributed by atoms with Gasteiger partial charge in [0.15, 0.2) is 5.96 Å². The molecule has 3 rings (SSSR count). The summed E-state index contributed by atoms with van der Waals surface area (Å²) in [6, 6.07) is 10.2. The average molecular weight is 428 g/mol. The largest absolute Gasteiger partial charge is 0.497 e. The first-order valence-corrected chi connectivity index (χ1v) is 10.6. The fourth-order valence-electron chi connectivity index (χ4n) is 3.49. The third kappa shape index (κ3) is 6.41. The normalized spacial score (nSPS) is 16.4. The van der Waals surface area contributed by atoms with Crippen LogP contribution in [0, 0.1) is 0 Å². The molecule has 0 spiro atoms. The number of guanidine groups is 1. The van der Waals surface area contributed by atoms with Crippen LogP contribution in [0.2, 0.25) is 0 Å². The number of rotatable bonds is 8. The first-order valence-electron chi connectivity index (χ1n) is 10.6. The van der Waals surface area contributed by atoms with Crippen LogP contribution in [0.5, 0.6) is 17.4 Å². The van der Waals surface area contributed by atoms with E-state index in [-0.39, 0.29) is 6.10 Å². The second kappa shape index (κ2) is 10.7. The summed E-state index contributed by atoms with van der Waals surface area (Å²) in [4.78, 5) is 11.0. The number of hydrogen-bond acceptors (Lipinski definition) is 6. The molecule has 2 heterocycles. The highest BCUT2D eigenvalue weighted by molar-refractivity contribution is 5.80. The lowest BCUT2D eigenvalue weighted by Gasteiger charge is -2.21. The van der Waals surface area contributed by atoms with Crippen LogP contribution < -0.4 is 29.7 Å². The Bertz CT molecular complexity index is 848. The fourth-order valence-corrected chi connectivity index (χ4v) is 3.49. The molecule has 1 aliphatic rings. The van der Waals surface area contributed by atoms with Crippen molar-refractivity contribution in [2.45, 2.75) is 39.0 Å². The standard InChI is InChI=1S/C23H33N5O3/c1-16(2)31-22-7-6-17(13-25-22)14-26-23(24-3)27-18-8-9-28(15-18)19-10-20(29-4)12-21(11-19)30-5/h6-7,10-13,16,18H,8-9,14-15H2,1-5H3,(H2,24,26,27). The molecule has 1 unspecified atom stereocenters. The first-order chi connectivity index (χ1) is 15.0. The molecule has 0 radical (unpaired) electrons. The van der Waals surface area contributed by atoms with E-state index in [2.05, 4.69) is 25.5 Å². The molecule has 1 aromatic heterocycles. The van der Waals surface area contributed by atoms with Gasteiger partial charge < -0.3 is 29.7 Å². The zero-order valence-electron chi connectivity index (χ0n) is 19.0. The first kappa shape index (κ1) is 22.5. The van der Waals surface area contributed by atoms with E-state index < -0.39 is 0 Å². The quantitative estimate of drug-likeness (QED) is 0.495. The van der Waals surface area contributed by atoms with Gasteiger partial charge >= 0.3 is 0 Å². The van der Waals surface area contributed by atoms with Crippen LogP contribution in [0.3, 0.4) is 0 Å². The Morgan fingerprint density at radius 1 is 1.19 bits per heavy atom. The molecule has 1 atom stereocenters. The van der Waals surface area contributed by atoms with Crippen LogP contribution in [0.4, 0.5) is 5.69 Å². The Labute approximate surface area is 184 Å². The number of anilines is 1. The van der Waals surface area contributed by atoms with Crippen LogP contribution in [0.1, 0.15) is 25.8 Å². The number of pyridine rings is 1. The summed E-state index contributed by atoms with van der Waals surface area (Å²) in [5.74, 6) is 3.00. The summed E-state index contributed by atoms with van der Waals surface area (Å²) in [7, 11) is 5.12. The lowest BCUT2D eigenvalue weighted by Crippen LogP contribution is -2.44. The van der Waals surface area contributed by atoms with Gasteiger partial charge in [0.1, 0.15) is 11.5 Å². The van der Waals surface area contributed by atoms with Gasteiger partial charge in [0.2, 0.25) is 5.88 Å². The molecule has 168 valence electrons. The van der Waals surface area contributed by atoms with Crippen molar-refractivity contribution in [2.24, 2.45) is 4.99 Å². The van der Waals surface area contributed by atoms with E-state index >= 15 is 0 Å². The lowest BCUT2D eigenvalue weighted by atomic mass is 10.2. The van der Waals surface area contributed by atoms with Gasteiger partial charge in [-0.05, 0) is 25.8 Å². The minimum Gasteiger partial charge on any atom is -0.497 e. The van der Waals surface area contributed by atoms with Gasteiger partial charge in [-0.1, -0.05) is 6.07 Å².